The molecule has 1 aromatic heterocycles. The molecule has 0 aliphatic carbocycles. The zero-order valence-corrected chi connectivity index (χ0v) is 15.1. The molecule has 25 heavy (non-hydrogen) atoms. The number of nitrogens with zero attached hydrogens (tertiary/aromatic N) is 3. The second-order valence-electron chi connectivity index (χ2n) is 6.26. The Bertz CT molecular complexity index is 740. The van der Waals surface area contributed by atoms with Crippen molar-refractivity contribution in [1.82, 2.24) is 15.3 Å². The third-order valence-corrected chi connectivity index (χ3v) is 4.65. The quantitative estimate of drug-likeness (QED) is 0.803. The highest BCUT2D eigenvalue weighted by atomic mass is 35.5. The molecule has 1 aromatic carbocycles. The van der Waals surface area contributed by atoms with E-state index in [9.17, 15) is 4.79 Å². The Morgan fingerprint density at radius 2 is 2.08 bits per heavy atom. The van der Waals surface area contributed by atoms with Crippen molar-refractivity contribution in [3.63, 3.8) is 0 Å². The average Bonchev–Trinajstić information content (AvgIpc) is 3.02. The highest BCUT2D eigenvalue weighted by molar-refractivity contribution is 6.29. The van der Waals surface area contributed by atoms with Crippen LogP contribution in [0.4, 0.5) is 11.8 Å². The van der Waals surface area contributed by atoms with Gasteiger partial charge in [-0.15, -0.1) is 0 Å². The summed E-state index contributed by atoms with van der Waals surface area (Å²) >= 11 is 6.07. The zero-order chi connectivity index (χ0) is 17.8. The van der Waals surface area contributed by atoms with Crippen molar-refractivity contribution in [2.45, 2.75) is 25.9 Å². The highest BCUT2D eigenvalue weighted by Gasteiger charge is 2.34. The summed E-state index contributed by atoms with van der Waals surface area (Å²) in [6, 6.07) is 11.9. The normalized spacial score (nSPS) is 19.7. The van der Waals surface area contributed by atoms with Gasteiger partial charge in [0, 0.05) is 32.2 Å². The molecule has 0 radical (unpaired) electrons. The summed E-state index contributed by atoms with van der Waals surface area (Å²) in [5, 5.41) is 6.32. The third-order valence-electron chi connectivity index (χ3n) is 4.45. The summed E-state index contributed by atoms with van der Waals surface area (Å²) in [6.07, 6.45) is 0.789. The first-order valence-electron chi connectivity index (χ1n) is 8.37. The molecule has 1 amide bonds. The molecule has 1 fully saturated rings. The number of carbonyl (C=O) groups is 1. The molecule has 0 saturated carbocycles. The van der Waals surface area contributed by atoms with Gasteiger partial charge in [-0.1, -0.05) is 41.9 Å². The van der Waals surface area contributed by atoms with Crippen LogP contribution in [0.25, 0.3) is 0 Å². The van der Waals surface area contributed by atoms with Crippen molar-refractivity contribution < 1.29 is 4.79 Å². The molecule has 3 rings (SSSR count). The van der Waals surface area contributed by atoms with Crippen LogP contribution in [0.3, 0.4) is 0 Å². The van der Waals surface area contributed by atoms with Crippen LogP contribution >= 0.6 is 11.6 Å². The standard InChI is InChI=1S/C18H22ClN5O/c1-12-8-14(17(25)21-10-13-6-4-3-5-7-13)11-24(12)16-9-15(19)22-18(20-2)23-16/h3-7,9,12,14H,8,10-11H2,1-2H3,(H,21,25)(H,20,22,23)/t12-,14+/m1/s1. The number of benzene rings is 1. The Kier molecular flexibility index (Phi) is 5.38. The molecule has 2 atom stereocenters. The Morgan fingerprint density at radius 3 is 2.80 bits per heavy atom. The van der Waals surface area contributed by atoms with Gasteiger partial charge in [-0.25, -0.2) is 4.98 Å². The summed E-state index contributed by atoms with van der Waals surface area (Å²) in [5.74, 6) is 1.24. The van der Waals surface area contributed by atoms with Gasteiger partial charge in [0.05, 0.1) is 5.92 Å². The van der Waals surface area contributed by atoms with Gasteiger partial charge < -0.3 is 15.5 Å². The molecule has 1 saturated heterocycles. The fraction of sp³-hybridized carbons (Fsp3) is 0.389. The number of rotatable bonds is 5. The lowest BCUT2D eigenvalue weighted by Gasteiger charge is -2.23. The monoisotopic (exact) mass is 359 g/mol. The van der Waals surface area contributed by atoms with Gasteiger partial charge in [-0.2, -0.15) is 4.98 Å². The molecule has 2 heterocycles. The summed E-state index contributed by atoms with van der Waals surface area (Å²) in [6.45, 7) is 3.27. The maximum absolute atomic E-state index is 12.5. The smallest absolute Gasteiger partial charge is 0.225 e. The maximum Gasteiger partial charge on any atom is 0.225 e. The van der Waals surface area contributed by atoms with Crippen molar-refractivity contribution in [2.24, 2.45) is 5.92 Å². The molecular formula is C18H22ClN5O. The number of hydrogen-bond acceptors (Lipinski definition) is 5. The van der Waals surface area contributed by atoms with Gasteiger partial charge in [0.25, 0.3) is 0 Å². The van der Waals surface area contributed by atoms with Crippen LogP contribution in [0.2, 0.25) is 5.15 Å². The van der Waals surface area contributed by atoms with E-state index in [0.717, 1.165) is 17.8 Å². The van der Waals surface area contributed by atoms with E-state index in [-0.39, 0.29) is 17.9 Å². The second kappa shape index (κ2) is 7.70. The largest absolute Gasteiger partial charge is 0.357 e. The molecule has 1 aliphatic rings. The Morgan fingerprint density at radius 1 is 1.32 bits per heavy atom. The van der Waals surface area contributed by atoms with Crippen molar-refractivity contribution in [3.05, 3.63) is 47.1 Å². The van der Waals surface area contributed by atoms with Gasteiger partial charge >= 0.3 is 0 Å². The van der Waals surface area contributed by atoms with Crippen molar-refractivity contribution in [3.8, 4) is 0 Å². The van der Waals surface area contributed by atoms with E-state index >= 15 is 0 Å². The van der Waals surface area contributed by atoms with E-state index in [1.165, 1.54) is 0 Å². The van der Waals surface area contributed by atoms with Crippen LogP contribution in [-0.4, -0.2) is 35.5 Å². The number of amides is 1. The molecule has 0 unspecified atom stereocenters. The SMILES string of the molecule is CNc1nc(Cl)cc(N2C[C@@H](C(=O)NCc3ccccc3)C[C@H]2C)n1. The first-order valence-corrected chi connectivity index (χ1v) is 8.75. The fourth-order valence-electron chi connectivity index (χ4n) is 3.13. The van der Waals surface area contributed by atoms with E-state index in [1.54, 1.807) is 13.1 Å². The van der Waals surface area contributed by atoms with Gasteiger partial charge in [-0.3, -0.25) is 4.79 Å². The Labute approximate surface area is 152 Å². The lowest BCUT2D eigenvalue weighted by molar-refractivity contribution is -0.124. The lowest BCUT2D eigenvalue weighted by atomic mass is 10.1. The zero-order valence-electron chi connectivity index (χ0n) is 14.4. The topological polar surface area (TPSA) is 70.2 Å². The van der Waals surface area contributed by atoms with Gasteiger partial charge in [0.1, 0.15) is 11.0 Å². The van der Waals surface area contributed by atoms with E-state index < -0.39 is 0 Å². The molecular weight excluding hydrogens is 338 g/mol. The first kappa shape index (κ1) is 17.5. The van der Waals surface area contributed by atoms with Crippen LogP contribution in [0.1, 0.15) is 18.9 Å². The third kappa shape index (κ3) is 4.20. The van der Waals surface area contributed by atoms with E-state index in [2.05, 4.69) is 32.4 Å². The summed E-state index contributed by atoms with van der Waals surface area (Å²) < 4.78 is 0. The summed E-state index contributed by atoms with van der Waals surface area (Å²) in [5.41, 5.74) is 1.10. The summed E-state index contributed by atoms with van der Waals surface area (Å²) in [4.78, 5) is 23.2. The van der Waals surface area contributed by atoms with Crippen molar-refractivity contribution in [2.75, 3.05) is 23.8 Å². The molecule has 7 heteroatoms. The van der Waals surface area contributed by atoms with Crippen LogP contribution in [0.15, 0.2) is 36.4 Å². The number of nitrogens with one attached hydrogen (secondary N) is 2. The molecule has 2 N–H and O–H groups in total. The fourth-order valence-corrected chi connectivity index (χ4v) is 3.31. The number of halogens is 1. The summed E-state index contributed by atoms with van der Waals surface area (Å²) in [7, 11) is 1.75. The maximum atomic E-state index is 12.5. The Hall–Kier alpha value is -2.34. The van der Waals surface area contributed by atoms with Crippen LogP contribution in [0.5, 0.6) is 0 Å². The molecule has 0 bridgehead atoms. The van der Waals surface area contributed by atoms with Gasteiger partial charge in [0.2, 0.25) is 11.9 Å². The number of hydrogen-bond donors (Lipinski definition) is 2. The minimum Gasteiger partial charge on any atom is -0.357 e. The van der Waals surface area contributed by atoms with Crippen LogP contribution < -0.4 is 15.5 Å². The predicted octanol–water partition coefficient (Wildman–Crippen LogP) is 2.70. The number of carbonyl (C=O) groups excluding carboxylic acids is 1. The first-order chi connectivity index (χ1) is 12.1. The van der Waals surface area contributed by atoms with Crippen molar-refractivity contribution >= 4 is 29.3 Å². The molecule has 6 nitrogen and oxygen atoms in total. The van der Waals surface area contributed by atoms with Gasteiger partial charge in [0.15, 0.2) is 0 Å². The number of aromatic nitrogens is 2. The molecule has 132 valence electrons. The van der Waals surface area contributed by atoms with Crippen LogP contribution in [0, 0.1) is 5.92 Å². The van der Waals surface area contributed by atoms with Gasteiger partial charge in [-0.05, 0) is 18.9 Å². The van der Waals surface area contributed by atoms with E-state index in [4.69, 9.17) is 11.6 Å². The second-order valence-corrected chi connectivity index (χ2v) is 6.65. The minimum atomic E-state index is -0.0644. The Balaban J connectivity index is 1.64. The van der Waals surface area contributed by atoms with E-state index in [1.807, 2.05) is 30.3 Å². The van der Waals surface area contributed by atoms with Crippen molar-refractivity contribution in [1.29, 1.82) is 0 Å². The average molecular weight is 360 g/mol. The molecule has 1 aliphatic heterocycles. The predicted molar refractivity (Wildman–Crippen MR) is 99.8 cm³/mol. The lowest BCUT2D eigenvalue weighted by Crippen LogP contribution is -2.33. The van der Waals surface area contributed by atoms with Crippen LogP contribution in [-0.2, 0) is 11.3 Å². The minimum absolute atomic E-state index is 0.0644. The molecule has 0 spiro atoms. The highest BCUT2D eigenvalue weighted by Crippen LogP contribution is 2.29. The number of anilines is 2. The van der Waals surface area contributed by atoms with E-state index in [0.29, 0.717) is 24.2 Å². The molecule has 2 aromatic rings.